The second-order valence-corrected chi connectivity index (χ2v) is 8.20. The van der Waals surface area contributed by atoms with Gasteiger partial charge in [-0.3, -0.25) is 9.59 Å². The van der Waals surface area contributed by atoms with Gasteiger partial charge in [0.05, 0.1) is 0 Å². The van der Waals surface area contributed by atoms with Crippen LogP contribution in [0.25, 0.3) is 6.08 Å². The fourth-order valence-electron chi connectivity index (χ4n) is 3.21. The minimum Gasteiger partial charge on any atom is -0.483 e. The Morgan fingerprint density at radius 3 is 2.53 bits per heavy atom. The molecule has 0 aliphatic carbocycles. The van der Waals surface area contributed by atoms with Gasteiger partial charge in [0, 0.05) is 22.0 Å². The number of nitriles is 1. The number of halogens is 1. The van der Waals surface area contributed by atoms with Crippen LogP contribution in [0.2, 0.25) is 5.02 Å². The predicted molar refractivity (Wildman–Crippen MR) is 135 cm³/mol. The van der Waals surface area contributed by atoms with Crippen molar-refractivity contribution in [3.05, 3.63) is 93.5 Å². The molecule has 0 unspecified atom stereocenters. The molecule has 0 spiro atoms. The molecule has 7 heteroatoms. The van der Waals surface area contributed by atoms with Crippen LogP contribution in [0.3, 0.4) is 0 Å². The molecule has 172 valence electrons. The third-order valence-electron chi connectivity index (χ3n) is 5.15. The summed E-state index contributed by atoms with van der Waals surface area (Å²) in [5.74, 6) is -0.584. The van der Waals surface area contributed by atoms with Crippen molar-refractivity contribution in [1.82, 2.24) is 0 Å². The summed E-state index contributed by atoms with van der Waals surface area (Å²) >= 11 is 6.12. The number of amides is 2. The topological polar surface area (TPSA) is 91.2 Å². The van der Waals surface area contributed by atoms with E-state index in [-0.39, 0.29) is 18.1 Å². The maximum Gasteiger partial charge on any atom is 0.266 e. The molecule has 0 fully saturated rings. The number of hydrogen-bond donors (Lipinski definition) is 2. The van der Waals surface area contributed by atoms with Gasteiger partial charge in [-0.2, -0.15) is 5.26 Å². The first kappa shape index (κ1) is 24.6. The van der Waals surface area contributed by atoms with Gasteiger partial charge in [-0.25, -0.2) is 0 Å². The maximum absolute atomic E-state index is 12.6. The summed E-state index contributed by atoms with van der Waals surface area (Å²) in [6.07, 6.45) is 1.38. The average Bonchev–Trinajstić information content (AvgIpc) is 2.79. The van der Waals surface area contributed by atoms with Crippen LogP contribution in [0.1, 0.15) is 22.3 Å². The molecule has 0 aliphatic heterocycles. The van der Waals surface area contributed by atoms with E-state index in [1.165, 1.54) is 6.08 Å². The quantitative estimate of drug-likeness (QED) is 0.333. The van der Waals surface area contributed by atoms with Crippen molar-refractivity contribution in [1.29, 1.82) is 5.26 Å². The van der Waals surface area contributed by atoms with Crippen molar-refractivity contribution in [3.8, 4) is 11.8 Å². The highest BCUT2D eigenvalue weighted by Gasteiger charge is 2.13. The number of nitrogens with one attached hydrogen (secondary N) is 2. The minimum atomic E-state index is -0.563. The summed E-state index contributed by atoms with van der Waals surface area (Å²) in [4.78, 5) is 25.1. The largest absolute Gasteiger partial charge is 0.483 e. The normalized spacial score (nSPS) is 10.9. The van der Waals surface area contributed by atoms with Crippen LogP contribution in [0.4, 0.5) is 11.4 Å². The van der Waals surface area contributed by atoms with Gasteiger partial charge < -0.3 is 15.4 Å². The van der Waals surface area contributed by atoms with E-state index < -0.39 is 5.91 Å². The molecular formula is C27H24ClN3O3. The first-order valence-corrected chi connectivity index (χ1v) is 10.9. The fourth-order valence-corrected chi connectivity index (χ4v) is 3.39. The van der Waals surface area contributed by atoms with E-state index in [9.17, 15) is 14.9 Å². The van der Waals surface area contributed by atoms with Gasteiger partial charge in [0.1, 0.15) is 17.4 Å². The molecule has 0 saturated heterocycles. The summed E-state index contributed by atoms with van der Waals surface area (Å²) in [6, 6.07) is 19.6. The van der Waals surface area contributed by atoms with Crippen molar-refractivity contribution in [2.24, 2.45) is 0 Å². The molecule has 34 heavy (non-hydrogen) atoms. The summed E-state index contributed by atoms with van der Waals surface area (Å²) in [7, 11) is 0. The van der Waals surface area contributed by atoms with E-state index in [0.717, 1.165) is 16.7 Å². The highest BCUT2D eigenvalue weighted by Crippen LogP contribution is 2.26. The molecule has 2 N–H and O–H groups in total. The van der Waals surface area contributed by atoms with Crippen LogP contribution in [-0.2, 0) is 9.59 Å². The third-order valence-corrected chi connectivity index (χ3v) is 5.39. The molecule has 0 heterocycles. The summed E-state index contributed by atoms with van der Waals surface area (Å²) in [5.41, 5.74) is 4.59. The van der Waals surface area contributed by atoms with Crippen molar-refractivity contribution in [2.45, 2.75) is 20.8 Å². The predicted octanol–water partition coefficient (Wildman–Crippen LogP) is 5.83. The molecule has 3 aromatic carbocycles. The lowest BCUT2D eigenvalue weighted by Crippen LogP contribution is -2.21. The van der Waals surface area contributed by atoms with Crippen molar-refractivity contribution in [2.75, 3.05) is 17.2 Å². The Bertz CT molecular complexity index is 1310. The molecule has 6 nitrogen and oxygen atoms in total. The summed E-state index contributed by atoms with van der Waals surface area (Å²) < 4.78 is 5.70. The van der Waals surface area contributed by atoms with Crippen molar-refractivity contribution in [3.63, 3.8) is 0 Å². The molecule has 0 aliphatic rings. The lowest BCUT2D eigenvalue weighted by Gasteiger charge is -2.13. The Kier molecular flexibility index (Phi) is 8.07. The molecule has 0 atom stereocenters. The molecule has 2 amide bonds. The Balaban J connectivity index is 1.76. The first-order chi connectivity index (χ1) is 16.3. The first-order valence-electron chi connectivity index (χ1n) is 10.5. The van der Waals surface area contributed by atoms with Crippen molar-refractivity contribution >= 4 is 40.9 Å². The molecular weight excluding hydrogens is 450 g/mol. The van der Waals surface area contributed by atoms with E-state index in [0.29, 0.717) is 27.7 Å². The molecule has 3 aromatic rings. The van der Waals surface area contributed by atoms with Crippen molar-refractivity contribution < 1.29 is 14.3 Å². The van der Waals surface area contributed by atoms with Crippen LogP contribution >= 0.6 is 11.6 Å². The van der Waals surface area contributed by atoms with Crippen LogP contribution in [0.5, 0.6) is 5.75 Å². The Morgan fingerprint density at radius 1 is 1.03 bits per heavy atom. The third kappa shape index (κ3) is 6.47. The number of ether oxygens (including phenoxy) is 1. The van der Waals surface area contributed by atoms with Gasteiger partial charge >= 0.3 is 0 Å². The molecule has 0 saturated carbocycles. The molecule has 0 aromatic heterocycles. The summed E-state index contributed by atoms with van der Waals surface area (Å²) in [6.45, 7) is 5.55. The lowest BCUT2D eigenvalue weighted by molar-refractivity contribution is -0.118. The zero-order valence-electron chi connectivity index (χ0n) is 19.1. The standard InChI is InChI=1S/C27H24ClN3O3/c1-17-6-4-8-23(12-17)30-27(33)21(15-29)13-20-14-22(28)10-11-25(20)34-16-26(32)31-24-9-5-7-18(2)19(24)3/h4-14H,16H2,1-3H3,(H,30,33)(H,31,32)/b21-13+. The molecule has 3 rings (SSSR count). The summed E-state index contributed by atoms with van der Waals surface area (Å²) in [5, 5.41) is 15.5. The van der Waals surface area contributed by atoms with Gasteiger partial charge in [0.25, 0.3) is 11.8 Å². The Labute approximate surface area is 203 Å². The highest BCUT2D eigenvalue weighted by atomic mass is 35.5. The van der Waals surface area contributed by atoms with E-state index >= 15 is 0 Å². The van der Waals surface area contributed by atoms with E-state index in [1.54, 1.807) is 30.3 Å². The fraction of sp³-hybridized carbons (Fsp3) is 0.148. The number of aryl methyl sites for hydroxylation is 2. The van der Waals surface area contributed by atoms with E-state index in [2.05, 4.69) is 10.6 Å². The van der Waals surface area contributed by atoms with Gasteiger partial charge in [-0.15, -0.1) is 0 Å². The Hall–Kier alpha value is -4.08. The zero-order chi connectivity index (χ0) is 24.7. The smallest absolute Gasteiger partial charge is 0.266 e. The zero-order valence-corrected chi connectivity index (χ0v) is 19.9. The van der Waals surface area contributed by atoms with E-state index in [1.807, 2.05) is 57.2 Å². The number of rotatable bonds is 7. The molecule has 0 radical (unpaired) electrons. The number of benzene rings is 3. The van der Waals surface area contributed by atoms with E-state index in [4.69, 9.17) is 16.3 Å². The number of carbonyl (C=O) groups is 2. The van der Waals surface area contributed by atoms with Gasteiger partial charge in [0.2, 0.25) is 0 Å². The molecule has 0 bridgehead atoms. The van der Waals surface area contributed by atoms with Gasteiger partial charge in [-0.1, -0.05) is 35.9 Å². The highest BCUT2D eigenvalue weighted by molar-refractivity contribution is 6.30. The maximum atomic E-state index is 12.6. The number of nitrogens with zero attached hydrogens (tertiary/aromatic N) is 1. The average molecular weight is 474 g/mol. The van der Waals surface area contributed by atoms with Crippen LogP contribution in [0, 0.1) is 32.1 Å². The van der Waals surface area contributed by atoms with Gasteiger partial charge in [0.15, 0.2) is 6.61 Å². The van der Waals surface area contributed by atoms with Crippen LogP contribution < -0.4 is 15.4 Å². The monoisotopic (exact) mass is 473 g/mol. The Morgan fingerprint density at radius 2 is 1.79 bits per heavy atom. The second kappa shape index (κ2) is 11.2. The lowest BCUT2D eigenvalue weighted by atomic mass is 10.1. The SMILES string of the molecule is Cc1cccc(NC(=O)/C(C#N)=C/c2cc(Cl)ccc2OCC(=O)Nc2cccc(C)c2C)c1. The second-order valence-electron chi connectivity index (χ2n) is 7.76. The number of carbonyl (C=O) groups excluding carboxylic acids is 2. The van der Waals surface area contributed by atoms with Crippen LogP contribution in [0.15, 0.2) is 66.2 Å². The van der Waals surface area contributed by atoms with Crippen LogP contribution in [-0.4, -0.2) is 18.4 Å². The number of anilines is 2. The number of hydrogen-bond acceptors (Lipinski definition) is 4. The minimum absolute atomic E-state index is 0.131. The van der Waals surface area contributed by atoms with Gasteiger partial charge in [-0.05, 0) is 79.9 Å².